The van der Waals surface area contributed by atoms with Crippen LogP contribution in [0, 0.1) is 0 Å². The molecular weight excluding hydrogens is 270 g/mol. The summed E-state index contributed by atoms with van der Waals surface area (Å²) < 4.78 is 12.8. The first-order chi connectivity index (χ1) is 9.86. The van der Waals surface area contributed by atoms with E-state index in [1.54, 1.807) is 11.8 Å². The molecule has 0 aliphatic rings. The van der Waals surface area contributed by atoms with E-state index in [-0.39, 0.29) is 5.41 Å². The van der Waals surface area contributed by atoms with Gasteiger partial charge in [-0.3, -0.25) is 0 Å². The van der Waals surface area contributed by atoms with Gasteiger partial charge in [0.2, 0.25) is 11.8 Å². The molecule has 0 amide bonds. The number of rotatable bonds is 5. The number of hydrogen-bond donors (Lipinski definition) is 1. The summed E-state index contributed by atoms with van der Waals surface area (Å²) in [5.74, 6) is 1.36. The second-order valence-electron chi connectivity index (χ2n) is 5.93. The van der Waals surface area contributed by atoms with Crippen molar-refractivity contribution in [3.63, 3.8) is 0 Å². The Bertz CT molecular complexity index is 609. The van der Waals surface area contributed by atoms with E-state index in [2.05, 4.69) is 27.5 Å². The van der Waals surface area contributed by atoms with Crippen LogP contribution in [-0.2, 0) is 25.4 Å². The molecule has 0 aliphatic carbocycles. The van der Waals surface area contributed by atoms with Crippen molar-refractivity contribution < 1.29 is 9.15 Å². The van der Waals surface area contributed by atoms with Gasteiger partial charge >= 0.3 is 6.01 Å². The minimum absolute atomic E-state index is 0.159. The Morgan fingerprint density at radius 3 is 2.52 bits per heavy atom. The van der Waals surface area contributed by atoms with Crippen LogP contribution in [0.2, 0.25) is 0 Å². The van der Waals surface area contributed by atoms with Gasteiger partial charge in [0.15, 0.2) is 0 Å². The fraction of sp³-hybridized carbons (Fsp3) is 0.643. The molecule has 0 aromatic carbocycles. The van der Waals surface area contributed by atoms with E-state index in [4.69, 9.17) is 9.15 Å². The van der Waals surface area contributed by atoms with E-state index < -0.39 is 0 Å². The van der Waals surface area contributed by atoms with Crippen LogP contribution in [0.1, 0.15) is 44.8 Å². The monoisotopic (exact) mass is 293 g/mol. The van der Waals surface area contributed by atoms with Crippen LogP contribution >= 0.6 is 0 Å². The molecule has 0 saturated heterocycles. The van der Waals surface area contributed by atoms with Crippen molar-refractivity contribution in [3.05, 3.63) is 17.1 Å². The van der Waals surface area contributed by atoms with Crippen LogP contribution in [0.25, 0.3) is 0 Å². The summed E-state index contributed by atoms with van der Waals surface area (Å²) in [6, 6.07) is 0.410. The Morgan fingerprint density at radius 2 is 2.00 bits per heavy atom. The molecule has 0 atom stereocenters. The maximum absolute atomic E-state index is 5.62. The molecule has 0 spiro atoms. The van der Waals surface area contributed by atoms with Gasteiger partial charge in [-0.05, 0) is 6.42 Å². The highest BCUT2D eigenvalue weighted by molar-refractivity contribution is 5.35. The van der Waals surface area contributed by atoms with Gasteiger partial charge in [-0.2, -0.15) is 5.10 Å². The maximum Gasteiger partial charge on any atom is 0.315 e. The van der Waals surface area contributed by atoms with Crippen LogP contribution in [0.15, 0.2) is 4.42 Å². The first kappa shape index (κ1) is 15.3. The van der Waals surface area contributed by atoms with Gasteiger partial charge in [0.25, 0.3) is 0 Å². The topological polar surface area (TPSA) is 78.0 Å². The summed E-state index contributed by atoms with van der Waals surface area (Å²) >= 11 is 0. The zero-order valence-electron chi connectivity index (χ0n) is 13.5. The Kier molecular flexibility index (Phi) is 4.20. The number of nitrogens with zero attached hydrogens (tertiary/aromatic N) is 4. The van der Waals surface area contributed by atoms with Crippen LogP contribution in [-0.4, -0.2) is 27.1 Å². The minimum Gasteiger partial charge on any atom is -0.481 e. The van der Waals surface area contributed by atoms with Crippen LogP contribution < -0.4 is 10.1 Å². The number of aryl methyl sites for hydroxylation is 2. The van der Waals surface area contributed by atoms with E-state index in [1.165, 1.54) is 0 Å². The SMILES string of the molecule is CCc1nn(C)c(OC)c1CNc1nnc(C(C)(C)C)o1. The lowest BCUT2D eigenvalue weighted by atomic mass is 9.97. The smallest absolute Gasteiger partial charge is 0.315 e. The van der Waals surface area contributed by atoms with Crippen molar-refractivity contribution in [1.29, 1.82) is 0 Å². The van der Waals surface area contributed by atoms with E-state index in [1.807, 2.05) is 27.8 Å². The fourth-order valence-corrected chi connectivity index (χ4v) is 2.08. The van der Waals surface area contributed by atoms with Crippen LogP contribution in [0.5, 0.6) is 5.88 Å². The molecular formula is C14H23N5O2. The number of nitrogens with one attached hydrogen (secondary N) is 1. The van der Waals surface area contributed by atoms with E-state index in [0.29, 0.717) is 18.5 Å². The predicted octanol–water partition coefficient (Wildman–Crippen LogP) is 2.28. The lowest BCUT2D eigenvalue weighted by molar-refractivity contribution is 0.369. The summed E-state index contributed by atoms with van der Waals surface area (Å²) in [7, 11) is 3.51. The summed E-state index contributed by atoms with van der Waals surface area (Å²) in [4.78, 5) is 0. The number of hydrogen-bond acceptors (Lipinski definition) is 6. The lowest BCUT2D eigenvalue weighted by Gasteiger charge is -2.11. The first-order valence-corrected chi connectivity index (χ1v) is 7.03. The molecule has 2 aromatic heterocycles. The van der Waals surface area contributed by atoms with Crippen molar-refractivity contribution in [2.75, 3.05) is 12.4 Å². The molecule has 116 valence electrons. The van der Waals surface area contributed by atoms with Gasteiger partial charge in [0, 0.05) is 12.5 Å². The average Bonchev–Trinajstić information content (AvgIpc) is 2.99. The lowest BCUT2D eigenvalue weighted by Crippen LogP contribution is -2.11. The first-order valence-electron chi connectivity index (χ1n) is 7.03. The van der Waals surface area contributed by atoms with Crippen LogP contribution in [0.4, 0.5) is 6.01 Å². The average molecular weight is 293 g/mol. The molecule has 2 heterocycles. The second-order valence-corrected chi connectivity index (χ2v) is 5.93. The van der Waals surface area contributed by atoms with Crippen molar-refractivity contribution in [1.82, 2.24) is 20.0 Å². The molecule has 0 unspecified atom stereocenters. The van der Waals surface area contributed by atoms with Gasteiger partial charge in [-0.25, -0.2) is 4.68 Å². The molecule has 0 bridgehead atoms. The van der Waals surface area contributed by atoms with Crippen molar-refractivity contribution >= 4 is 6.01 Å². The highest BCUT2D eigenvalue weighted by Crippen LogP contribution is 2.25. The normalized spacial score (nSPS) is 11.7. The maximum atomic E-state index is 5.62. The molecule has 0 fully saturated rings. The Balaban J connectivity index is 2.15. The quantitative estimate of drug-likeness (QED) is 0.911. The summed E-state index contributed by atoms with van der Waals surface area (Å²) in [5, 5.41) is 15.7. The van der Waals surface area contributed by atoms with Gasteiger partial charge in [0.1, 0.15) is 0 Å². The molecule has 7 nitrogen and oxygen atoms in total. The van der Waals surface area contributed by atoms with E-state index in [0.717, 1.165) is 23.6 Å². The number of methoxy groups -OCH3 is 1. The van der Waals surface area contributed by atoms with Crippen molar-refractivity contribution in [2.24, 2.45) is 7.05 Å². The molecule has 0 aliphatic heterocycles. The molecule has 0 saturated carbocycles. The third-order valence-corrected chi connectivity index (χ3v) is 3.18. The van der Waals surface area contributed by atoms with E-state index >= 15 is 0 Å². The molecule has 0 radical (unpaired) electrons. The molecule has 2 rings (SSSR count). The highest BCUT2D eigenvalue weighted by atomic mass is 16.5. The number of ether oxygens (including phenoxy) is 1. The highest BCUT2D eigenvalue weighted by Gasteiger charge is 2.22. The zero-order chi connectivity index (χ0) is 15.6. The van der Waals surface area contributed by atoms with Gasteiger partial charge in [-0.15, -0.1) is 5.10 Å². The Morgan fingerprint density at radius 1 is 1.29 bits per heavy atom. The molecule has 1 N–H and O–H groups in total. The van der Waals surface area contributed by atoms with Crippen molar-refractivity contribution in [2.45, 2.75) is 46.1 Å². The second kappa shape index (κ2) is 5.75. The molecule has 2 aromatic rings. The third-order valence-electron chi connectivity index (χ3n) is 3.18. The van der Waals surface area contributed by atoms with Crippen molar-refractivity contribution in [3.8, 4) is 5.88 Å². The molecule has 7 heteroatoms. The van der Waals surface area contributed by atoms with Gasteiger partial charge in [0.05, 0.1) is 24.9 Å². The minimum atomic E-state index is -0.159. The molecule has 21 heavy (non-hydrogen) atoms. The van der Waals surface area contributed by atoms with Gasteiger partial charge < -0.3 is 14.5 Å². The number of aromatic nitrogens is 4. The Labute approximate surface area is 124 Å². The summed E-state index contributed by atoms with van der Waals surface area (Å²) in [6.07, 6.45) is 0.839. The third kappa shape index (κ3) is 3.17. The zero-order valence-corrected chi connectivity index (χ0v) is 13.5. The summed E-state index contributed by atoms with van der Waals surface area (Å²) in [6.45, 7) is 8.69. The fourth-order valence-electron chi connectivity index (χ4n) is 2.08. The van der Waals surface area contributed by atoms with Crippen LogP contribution in [0.3, 0.4) is 0 Å². The Hall–Kier alpha value is -2.05. The van der Waals surface area contributed by atoms with Gasteiger partial charge in [-0.1, -0.05) is 32.8 Å². The predicted molar refractivity (Wildman–Crippen MR) is 79.5 cm³/mol. The standard InChI is InChI=1S/C14H23N5O2/c1-7-10-9(11(20-6)19(5)18-10)8-15-13-17-16-12(21-13)14(2,3)4/h7-8H2,1-6H3,(H,15,17). The summed E-state index contributed by atoms with van der Waals surface area (Å²) in [5.41, 5.74) is 1.85. The largest absolute Gasteiger partial charge is 0.481 e. The number of anilines is 1. The van der Waals surface area contributed by atoms with E-state index in [9.17, 15) is 0 Å².